The maximum atomic E-state index is 3.49. The first-order valence-electron chi connectivity index (χ1n) is 6.92. The number of aryl methyl sites for hydroxylation is 2. The first kappa shape index (κ1) is 25.6. The van der Waals surface area contributed by atoms with E-state index in [0.29, 0.717) is 0 Å². The molecule has 3 aromatic carbocycles. The quantitative estimate of drug-likeness (QED) is 0.300. The van der Waals surface area contributed by atoms with E-state index in [1.807, 2.05) is 30.3 Å². The van der Waals surface area contributed by atoms with Gasteiger partial charge in [-0.25, -0.2) is 12.1 Å². The van der Waals surface area contributed by atoms with Gasteiger partial charge in [0.05, 0.1) is 0 Å². The van der Waals surface area contributed by atoms with Crippen LogP contribution in [0.2, 0.25) is 13.1 Å². The van der Waals surface area contributed by atoms with Crippen molar-refractivity contribution >= 4 is 32.1 Å². The summed E-state index contributed by atoms with van der Waals surface area (Å²) in [7, 11) is 0. The molecule has 3 aromatic rings. The Kier molecular flexibility index (Phi) is 15.1. The van der Waals surface area contributed by atoms with E-state index < -0.39 is 0 Å². The fourth-order valence-electron chi connectivity index (χ4n) is 1.93. The Balaban J connectivity index is 0. The van der Waals surface area contributed by atoms with Gasteiger partial charge in [-0.15, -0.1) is 28.5 Å². The number of benzene rings is 1. The van der Waals surface area contributed by atoms with E-state index in [1.54, 1.807) is 23.3 Å². The molecule has 124 valence electrons. The van der Waals surface area contributed by atoms with Gasteiger partial charge in [0.2, 0.25) is 0 Å². The molecule has 0 fully saturated rings. The van der Waals surface area contributed by atoms with Crippen LogP contribution in [0.3, 0.4) is 0 Å². The maximum absolute atomic E-state index is 3.49. The summed E-state index contributed by atoms with van der Waals surface area (Å²) in [4.78, 5) is 0. The van der Waals surface area contributed by atoms with Crippen molar-refractivity contribution in [1.29, 1.82) is 0 Å². The van der Waals surface area contributed by atoms with Gasteiger partial charge >= 0.3 is 41.9 Å². The van der Waals surface area contributed by atoms with Crippen molar-refractivity contribution in [2.24, 2.45) is 0 Å². The molecule has 0 aliphatic rings. The van der Waals surface area contributed by atoms with Crippen molar-refractivity contribution < 1.29 is 48.1 Å². The number of rotatable bonds is 0. The number of fused-ring (bicyclic) bond motifs is 1. The van der Waals surface area contributed by atoms with E-state index >= 15 is 0 Å². The summed E-state index contributed by atoms with van der Waals surface area (Å²) >= 11 is 5.23. The molecule has 0 aliphatic carbocycles. The van der Waals surface area contributed by atoms with Gasteiger partial charge in [-0.05, 0) is 11.4 Å². The standard InChI is InChI=1S/C11H10Br.C5H5.C2H6Si.2ClH.Zr/c1-7-3-9-6-10(12)5-8(2)11(9)4-7;1-2-4-5-3-1;1-3-2;;;/h3-6H,1-2H3;1-5H;1-2H3;2*1H;/q2*-1;;;;+2/p-2. The molecule has 0 nitrogen and oxygen atoms in total. The van der Waals surface area contributed by atoms with Crippen LogP contribution in [0.4, 0.5) is 0 Å². The Bertz CT molecular complexity index is 669. The van der Waals surface area contributed by atoms with Crippen molar-refractivity contribution in [3.05, 3.63) is 70.2 Å². The maximum Gasteiger partial charge on any atom is -0.0239 e. The van der Waals surface area contributed by atoms with Gasteiger partial charge in [-0.1, -0.05) is 34.5 Å². The van der Waals surface area contributed by atoms with E-state index in [-0.39, 0.29) is 30.2 Å². The molecule has 0 N–H and O–H groups in total. The molecular formula is C18H21BrCl2SiZr-2. The van der Waals surface area contributed by atoms with Crippen molar-refractivity contribution in [2.75, 3.05) is 0 Å². The van der Waals surface area contributed by atoms with Crippen molar-refractivity contribution in [1.82, 2.24) is 0 Å². The predicted molar refractivity (Wildman–Crippen MR) is 96.2 cm³/mol. The zero-order valence-corrected chi connectivity index (χ0v) is 20.4. The second-order valence-electron chi connectivity index (χ2n) is 5.22. The van der Waals surface area contributed by atoms with Gasteiger partial charge in [0.25, 0.3) is 0 Å². The fraction of sp³-hybridized carbons (Fsp3) is 0.222. The first-order chi connectivity index (χ1) is 9.90. The zero-order chi connectivity index (χ0) is 15.8. The first-order valence-corrected chi connectivity index (χ1v) is 13.9. The molecule has 0 heterocycles. The molecule has 0 atom stereocenters. The van der Waals surface area contributed by atoms with Gasteiger partial charge in [0, 0.05) is 0 Å². The van der Waals surface area contributed by atoms with Gasteiger partial charge in [-0.2, -0.15) is 24.3 Å². The fourth-order valence-corrected chi connectivity index (χ4v) is 2.52. The SMILES string of the molecule is C[Si](C)=[Zr+2].Cc1cc2c(C)cc(Br)cc2[cH-]1.[Cl-].[Cl-].c1cc[cH-]c1. The third kappa shape index (κ3) is 10.7. The zero-order valence-electron chi connectivity index (χ0n) is 13.8. The molecular weight excluding hydrogens is 486 g/mol. The van der Waals surface area contributed by atoms with Crippen molar-refractivity contribution in [3.63, 3.8) is 0 Å². The summed E-state index contributed by atoms with van der Waals surface area (Å²) in [6.07, 6.45) is 0. The monoisotopic (exact) mass is 504 g/mol. The van der Waals surface area contributed by atoms with E-state index in [1.165, 1.54) is 21.9 Å². The Hall–Kier alpha value is 0.340. The molecule has 0 aromatic heterocycles. The molecule has 0 saturated carbocycles. The molecule has 0 aliphatic heterocycles. The van der Waals surface area contributed by atoms with Crippen molar-refractivity contribution in [2.45, 2.75) is 26.9 Å². The van der Waals surface area contributed by atoms with Gasteiger partial charge in [0.15, 0.2) is 0 Å². The van der Waals surface area contributed by atoms with Crippen LogP contribution in [0, 0.1) is 13.8 Å². The van der Waals surface area contributed by atoms with Crippen LogP contribution >= 0.6 is 15.9 Å². The largest absolute Gasteiger partial charge is 1.00 e. The van der Waals surface area contributed by atoms with E-state index in [2.05, 4.69) is 67.1 Å². The van der Waals surface area contributed by atoms with Crippen LogP contribution in [-0.4, -0.2) is 5.43 Å². The van der Waals surface area contributed by atoms with Gasteiger partial charge in [-0.3, -0.25) is 0 Å². The summed E-state index contributed by atoms with van der Waals surface area (Å²) in [5.41, 5.74) is 2.89. The minimum absolute atomic E-state index is 0. The van der Waals surface area contributed by atoms with Gasteiger partial charge in [0.1, 0.15) is 0 Å². The Morgan fingerprint density at radius 1 is 1.00 bits per heavy atom. The molecule has 0 spiro atoms. The summed E-state index contributed by atoms with van der Waals surface area (Å²) in [5.74, 6) is 0. The predicted octanol–water partition coefficient (Wildman–Crippen LogP) is 0.136. The van der Waals surface area contributed by atoms with Crippen LogP contribution in [-0.2, 0) is 23.3 Å². The van der Waals surface area contributed by atoms with Crippen LogP contribution in [0.15, 0.2) is 59.1 Å². The Morgan fingerprint density at radius 2 is 1.52 bits per heavy atom. The molecule has 5 heteroatoms. The summed E-state index contributed by atoms with van der Waals surface area (Å²) in [5, 5.41) is 2.70. The van der Waals surface area contributed by atoms with E-state index in [0.717, 1.165) is 4.47 Å². The Morgan fingerprint density at radius 3 is 1.96 bits per heavy atom. The average Bonchev–Trinajstić information content (AvgIpc) is 2.99. The average molecular weight is 507 g/mol. The summed E-state index contributed by atoms with van der Waals surface area (Å²) < 4.78 is 1.16. The van der Waals surface area contributed by atoms with Gasteiger partial charge < -0.3 is 24.8 Å². The molecule has 23 heavy (non-hydrogen) atoms. The molecule has 0 radical (unpaired) electrons. The molecule has 3 rings (SSSR count). The van der Waals surface area contributed by atoms with Crippen LogP contribution in [0.1, 0.15) is 11.1 Å². The minimum Gasteiger partial charge on any atom is -1.00 e. The second-order valence-corrected chi connectivity index (χ2v) is 15.5. The third-order valence-electron chi connectivity index (χ3n) is 2.69. The van der Waals surface area contributed by atoms with Crippen molar-refractivity contribution in [3.8, 4) is 0 Å². The smallest absolute Gasteiger partial charge is 0.0239 e. The summed E-state index contributed by atoms with van der Waals surface area (Å²) in [6.45, 7) is 8.89. The minimum atomic E-state index is 0. The van der Waals surface area contributed by atoms with E-state index in [9.17, 15) is 0 Å². The molecule has 0 saturated heterocycles. The number of hydrogen-bond acceptors (Lipinski definition) is 0. The molecule has 0 unspecified atom stereocenters. The molecule has 0 bridgehead atoms. The van der Waals surface area contributed by atoms with Crippen LogP contribution in [0.25, 0.3) is 10.8 Å². The third-order valence-corrected chi connectivity index (χ3v) is 3.15. The number of hydrogen-bond donors (Lipinski definition) is 0. The normalized spacial score (nSPS) is 8.65. The van der Waals surface area contributed by atoms with Crippen LogP contribution in [0.5, 0.6) is 0 Å². The van der Waals surface area contributed by atoms with E-state index in [4.69, 9.17) is 0 Å². The Labute approximate surface area is 176 Å². The summed E-state index contributed by atoms with van der Waals surface area (Å²) in [6, 6.07) is 18.8. The molecule has 0 amide bonds. The van der Waals surface area contributed by atoms with Crippen LogP contribution < -0.4 is 24.8 Å². The second kappa shape index (κ2) is 13.6. The number of halogens is 3. The topological polar surface area (TPSA) is 0 Å².